The second-order valence-corrected chi connectivity index (χ2v) is 2.82. The second kappa shape index (κ2) is 6.31. The van der Waals surface area contributed by atoms with E-state index < -0.39 is 0 Å². The summed E-state index contributed by atoms with van der Waals surface area (Å²) < 4.78 is 3.59. The van der Waals surface area contributed by atoms with Gasteiger partial charge in [0.05, 0.1) is 0 Å². The van der Waals surface area contributed by atoms with E-state index in [0.717, 1.165) is 16.9 Å². The first-order chi connectivity index (χ1) is 4.83. The molecule has 0 unspecified atom stereocenters. The van der Waals surface area contributed by atoms with Gasteiger partial charge in [-0.2, -0.15) is 0 Å². The Balaban J connectivity index is 0.000001000. The quantitative estimate of drug-likeness (QED) is 0.255. The average molecular weight is 199 g/mol. The van der Waals surface area contributed by atoms with Crippen LogP contribution in [0.3, 0.4) is 0 Å². The van der Waals surface area contributed by atoms with Crippen LogP contribution in [-0.4, -0.2) is 0 Å². The minimum atomic E-state index is 0. The van der Waals surface area contributed by atoms with Crippen LogP contribution in [0.25, 0.3) is 0 Å². The zero-order chi connectivity index (χ0) is 7.40. The van der Waals surface area contributed by atoms with Crippen molar-refractivity contribution in [2.75, 3.05) is 0 Å². The summed E-state index contributed by atoms with van der Waals surface area (Å²) in [5.41, 5.74) is 0. The fourth-order valence-corrected chi connectivity index (χ4v) is 0.981. The first-order valence-corrected chi connectivity index (χ1v) is 3.67. The Kier molecular flexibility index (Phi) is 6.76. The summed E-state index contributed by atoms with van der Waals surface area (Å²) in [4.78, 5) is 0.749. The molecule has 0 bridgehead atoms. The average Bonchev–Trinajstić information content (AvgIpc) is 1.95. The molecule has 0 N–H and O–H groups in total. The summed E-state index contributed by atoms with van der Waals surface area (Å²) in [5, 5.41) is 10.3. The molecule has 0 atom stereocenters. The monoisotopic (exact) mass is 198 g/mol. The molecule has 0 saturated carbocycles. The Morgan fingerprint density at radius 1 is 1.27 bits per heavy atom. The van der Waals surface area contributed by atoms with Gasteiger partial charge in [0.25, 0.3) is 0 Å². The van der Waals surface area contributed by atoms with Gasteiger partial charge in [0.15, 0.2) is 0 Å². The molecular formula is C6H4ClNaO2S. The van der Waals surface area contributed by atoms with Crippen LogP contribution in [0.4, 0.5) is 0 Å². The van der Waals surface area contributed by atoms with E-state index in [1.54, 1.807) is 24.3 Å². The van der Waals surface area contributed by atoms with Crippen LogP contribution in [0.2, 0.25) is 5.02 Å². The molecule has 0 spiro atoms. The summed E-state index contributed by atoms with van der Waals surface area (Å²) in [6, 6.07) is 6.82. The van der Waals surface area contributed by atoms with Gasteiger partial charge in [-0.05, 0) is 24.3 Å². The standard InChI is InChI=1S/C6H5ClO2S.Na/c7-5-1-3-6(4-2-5)10-9-8;/h1-4,8H;/q;+1/p-1. The van der Waals surface area contributed by atoms with Crippen LogP contribution in [0.1, 0.15) is 0 Å². The number of rotatable bonds is 2. The maximum absolute atomic E-state index is 9.61. The van der Waals surface area contributed by atoms with E-state index in [2.05, 4.69) is 4.33 Å². The van der Waals surface area contributed by atoms with Crippen LogP contribution in [-0.2, 0) is 4.33 Å². The normalized spacial score (nSPS) is 8.91. The molecule has 5 heteroatoms. The molecule has 0 aliphatic heterocycles. The second-order valence-electron chi connectivity index (χ2n) is 1.61. The minimum Gasteiger partial charge on any atom is -0.710 e. The van der Waals surface area contributed by atoms with Crippen LogP contribution in [0, 0.1) is 0 Å². The van der Waals surface area contributed by atoms with Crippen LogP contribution in [0.5, 0.6) is 0 Å². The van der Waals surface area contributed by atoms with Gasteiger partial charge in [-0.25, -0.2) is 0 Å². The van der Waals surface area contributed by atoms with E-state index in [1.807, 2.05) is 0 Å². The molecule has 54 valence electrons. The molecule has 0 fully saturated rings. The Hall–Kier alpha value is 0.780. The third kappa shape index (κ3) is 4.38. The van der Waals surface area contributed by atoms with E-state index in [0.29, 0.717) is 5.02 Å². The third-order valence-corrected chi connectivity index (χ3v) is 1.73. The molecular weight excluding hydrogens is 195 g/mol. The van der Waals surface area contributed by atoms with E-state index in [1.165, 1.54) is 0 Å². The van der Waals surface area contributed by atoms with Crippen molar-refractivity contribution in [2.45, 2.75) is 4.90 Å². The van der Waals surface area contributed by atoms with Crippen molar-refractivity contribution in [3.8, 4) is 0 Å². The van der Waals surface area contributed by atoms with Crippen molar-refractivity contribution >= 4 is 23.6 Å². The van der Waals surface area contributed by atoms with Gasteiger partial charge in [-0.1, -0.05) is 11.6 Å². The predicted octanol–water partition coefficient (Wildman–Crippen LogP) is -1.36. The van der Waals surface area contributed by atoms with Crippen molar-refractivity contribution < 1.29 is 39.1 Å². The topological polar surface area (TPSA) is 32.3 Å². The molecule has 1 rings (SSSR count). The smallest absolute Gasteiger partial charge is 0.710 e. The zero-order valence-corrected chi connectivity index (χ0v) is 9.48. The van der Waals surface area contributed by atoms with Crippen molar-refractivity contribution in [1.82, 2.24) is 0 Å². The summed E-state index contributed by atoms with van der Waals surface area (Å²) in [5.74, 6) is 0. The van der Waals surface area contributed by atoms with Gasteiger partial charge >= 0.3 is 29.6 Å². The van der Waals surface area contributed by atoms with E-state index in [-0.39, 0.29) is 29.6 Å². The van der Waals surface area contributed by atoms with Gasteiger partial charge in [0.2, 0.25) is 0 Å². The molecule has 1 aromatic rings. The molecule has 0 aliphatic carbocycles. The van der Waals surface area contributed by atoms with Gasteiger partial charge in [0.1, 0.15) is 0 Å². The van der Waals surface area contributed by atoms with Crippen molar-refractivity contribution in [2.24, 2.45) is 0 Å². The molecule has 0 amide bonds. The van der Waals surface area contributed by atoms with Crippen LogP contribution < -0.4 is 34.8 Å². The number of hydrogen-bond acceptors (Lipinski definition) is 3. The zero-order valence-electron chi connectivity index (χ0n) is 5.91. The fourth-order valence-electron chi connectivity index (χ4n) is 0.529. The molecule has 0 saturated heterocycles. The van der Waals surface area contributed by atoms with Gasteiger partial charge < -0.3 is 9.59 Å². The predicted molar refractivity (Wildman–Crippen MR) is 38.4 cm³/mol. The molecule has 1 aromatic carbocycles. The van der Waals surface area contributed by atoms with Crippen LogP contribution in [0.15, 0.2) is 29.2 Å². The maximum atomic E-state index is 9.61. The number of benzene rings is 1. The maximum Gasteiger partial charge on any atom is 1.00 e. The number of halogens is 1. The van der Waals surface area contributed by atoms with E-state index in [9.17, 15) is 5.26 Å². The molecule has 0 aromatic heterocycles. The summed E-state index contributed by atoms with van der Waals surface area (Å²) in [7, 11) is 0. The molecule has 0 radical (unpaired) electrons. The Labute approximate surface area is 96.3 Å². The largest absolute Gasteiger partial charge is 1.00 e. The van der Waals surface area contributed by atoms with Gasteiger partial charge in [-0.15, -0.1) is 0 Å². The van der Waals surface area contributed by atoms with E-state index in [4.69, 9.17) is 11.6 Å². The van der Waals surface area contributed by atoms with Gasteiger partial charge in [0, 0.05) is 22.0 Å². The fraction of sp³-hybridized carbons (Fsp3) is 0. The van der Waals surface area contributed by atoms with E-state index >= 15 is 0 Å². The van der Waals surface area contributed by atoms with Crippen molar-refractivity contribution in [3.05, 3.63) is 29.3 Å². The number of hydrogen-bond donors (Lipinski definition) is 0. The summed E-state index contributed by atoms with van der Waals surface area (Å²) in [6.07, 6.45) is 0. The molecule has 2 nitrogen and oxygen atoms in total. The Bertz CT molecular complexity index is 204. The minimum absolute atomic E-state index is 0. The first-order valence-electron chi connectivity index (χ1n) is 2.55. The molecule has 0 aliphatic rings. The van der Waals surface area contributed by atoms with Crippen molar-refractivity contribution in [1.29, 1.82) is 0 Å². The third-order valence-electron chi connectivity index (χ3n) is 0.944. The van der Waals surface area contributed by atoms with Crippen molar-refractivity contribution in [3.63, 3.8) is 0 Å². The Morgan fingerprint density at radius 2 is 1.82 bits per heavy atom. The summed E-state index contributed by atoms with van der Waals surface area (Å²) >= 11 is 6.35. The van der Waals surface area contributed by atoms with Crippen LogP contribution >= 0.6 is 23.6 Å². The Morgan fingerprint density at radius 3 is 2.27 bits per heavy atom. The molecule has 0 heterocycles. The molecule has 11 heavy (non-hydrogen) atoms. The first kappa shape index (κ1) is 11.8. The SMILES string of the molecule is [Na+].[O-]OSc1ccc(Cl)cc1. The van der Waals surface area contributed by atoms with Gasteiger partial charge in [-0.3, -0.25) is 0 Å². The summed E-state index contributed by atoms with van der Waals surface area (Å²) in [6.45, 7) is 0.